The van der Waals surface area contributed by atoms with Gasteiger partial charge in [-0.2, -0.15) is 24.9 Å². The molecule has 2 heterocycles. The summed E-state index contributed by atoms with van der Waals surface area (Å²) >= 11 is 1.76. The number of thioether (sulfide) groups is 1. The Kier molecular flexibility index (Phi) is 8.00. The minimum atomic E-state index is -4.43. The second kappa shape index (κ2) is 10.7. The highest BCUT2D eigenvalue weighted by molar-refractivity contribution is 7.99. The first kappa shape index (κ1) is 23.9. The molecule has 32 heavy (non-hydrogen) atoms. The summed E-state index contributed by atoms with van der Waals surface area (Å²) in [4.78, 5) is 32.8. The first-order valence-electron chi connectivity index (χ1n) is 10.3. The van der Waals surface area contributed by atoms with Crippen LogP contribution in [0.25, 0.3) is 0 Å². The minimum Gasteiger partial charge on any atom is -0.353 e. The number of piperazine rings is 1. The number of aromatic nitrogens is 1. The summed E-state index contributed by atoms with van der Waals surface area (Å²) in [5, 5.41) is 2.86. The molecule has 1 saturated heterocycles. The summed E-state index contributed by atoms with van der Waals surface area (Å²) in [6, 6.07) is 7.78. The van der Waals surface area contributed by atoms with Gasteiger partial charge in [0.15, 0.2) is 0 Å². The molecule has 2 amide bonds. The Hall–Kier alpha value is -2.75. The summed E-state index contributed by atoms with van der Waals surface area (Å²) in [5.41, 5.74) is -0.0504. The van der Waals surface area contributed by atoms with Gasteiger partial charge in [0.1, 0.15) is 5.82 Å². The zero-order valence-electron chi connectivity index (χ0n) is 17.7. The number of pyridine rings is 1. The lowest BCUT2D eigenvalue weighted by molar-refractivity contribution is -0.137. The van der Waals surface area contributed by atoms with E-state index in [1.807, 2.05) is 4.90 Å². The van der Waals surface area contributed by atoms with Gasteiger partial charge >= 0.3 is 6.18 Å². The molecule has 0 bridgehead atoms. The maximum atomic E-state index is 12.7. The standard InChI is InChI=1S/C22H25F3N4O2S/c1-2-32-14-9-26-20(30)17-5-8-19(27-15-17)28-10-12-29(13-11-28)21(31)16-3-6-18(7-4-16)22(23,24)25/h3-8,15H,2,9-14H2,1H3,(H,26,30). The molecule has 0 atom stereocenters. The summed E-state index contributed by atoms with van der Waals surface area (Å²) in [6.07, 6.45) is -2.89. The van der Waals surface area contributed by atoms with Crippen LogP contribution >= 0.6 is 11.8 Å². The molecule has 3 rings (SSSR count). The SMILES string of the molecule is CCSCCNC(=O)c1ccc(N2CCN(C(=O)c3ccc(C(F)(F)F)cc3)CC2)nc1. The molecule has 1 aliphatic heterocycles. The van der Waals surface area contributed by atoms with Gasteiger partial charge in [-0.25, -0.2) is 4.98 Å². The molecule has 10 heteroatoms. The third kappa shape index (κ3) is 6.15. The number of nitrogens with zero attached hydrogens (tertiary/aromatic N) is 3. The number of carbonyl (C=O) groups is 2. The summed E-state index contributed by atoms with van der Waals surface area (Å²) in [6.45, 7) is 4.61. The Balaban J connectivity index is 1.52. The van der Waals surface area contributed by atoms with Gasteiger partial charge in [-0.05, 0) is 42.2 Å². The van der Waals surface area contributed by atoms with E-state index in [4.69, 9.17) is 0 Å². The van der Waals surface area contributed by atoms with Crippen molar-refractivity contribution in [2.45, 2.75) is 13.1 Å². The lowest BCUT2D eigenvalue weighted by Gasteiger charge is -2.35. The molecule has 0 saturated carbocycles. The van der Waals surface area contributed by atoms with Crippen LogP contribution in [0, 0.1) is 0 Å². The third-order valence-electron chi connectivity index (χ3n) is 5.10. The van der Waals surface area contributed by atoms with Gasteiger partial charge in [0, 0.05) is 50.2 Å². The molecular weight excluding hydrogens is 441 g/mol. The predicted molar refractivity (Wildman–Crippen MR) is 119 cm³/mol. The van der Waals surface area contributed by atoms with Crippen molar-refractivity contribution >= 4 is 29.4 Å². The van der Waals surface area contributed by atoms with Gasteiger partial charge in [0.05, 0.1) is 11.1 Å². The van der Waals surface area contributed by atoms with Crippen LogP contribution in [0.3, 0.4) is 0 Å². The predicted octanol–water partition coefficient (Wildman–Crippen LogP) is 3.55. The summed E-state index contributed by atoms with van der Waals surface area (Å²) in [5.74, 6) is 2.13. The number of hydrogen-bond acceptors (Lipinski definition) is 5. The van der Waals surface area contributed by atoms with E-state index in [2.05, 4.69) is 17.2 Å². The Bertz CT molecular complexity index is 912. The molecule has 1 aromatic heterocycles. The highest BCUT2D eigenvalue weighted by Gasteiger charge is 2.30. The lowest BCUT2D eigenvalue weighted by Crippen LogP contribution is -2.49. The van der Waals surface area contributed by atoms with Crippen molar-refractivity contribution in [1.29, 1.82) is 0 Å². The van der Waals surface area contributed by atoms with E-state index in [0.717, 1.165) is 23.6 Å². The molecule has 1 aliphatic rings. The van der Waals surface area contributed by atoms with Gasteiger partial charge in [0.25, 0.3) is 11.8 Å². The van der Waals surface area contributed by atoms with E-state index in [9.17, 15) is 22.8 Å². The first-order chi connectivity index (χ1) is 15.3. The number of nitrogens with one attached hydrogen (secondary N) is 1. The number of carbonyl (C=O) groups excluding carboxylic acids is 2. The zero-order valence-corrected chi connectivity index (χ0v) is 18.5. The van der Waals surface area contributed by atoms with Crippen LogP contribution in [0.2, 0.25) is 0 Å². The molecule has 0 spiro atoms. The number of hydrogen-bond donors (Lipinski definition) is 1. The van der Waals surface area contributed by atoms with Gasteiger partial charge < -0.3 is 15.1 Å². The number of halogens is 3. The number of rotatable bonds is 7. The summed E-state index contributed by atoms with van der Waals surface area (Å²) in [7, 11) is 0. The Labute approximate surface area is 189 Å². The molecule has 0 aliphatic carbocycles. The van der Waals surface area contributed by atoms with E-state index >= 15 is 0 Å². The molecule has 1 fully saturated rings. The van der Waals surface area contributed by atoms with Crippen molar-refractivity contribution in [1.82, 2.24) is 15.2 Å². The molecule has 172 valence electrons. The fourth-order valence-electron chi connectivity index (χ4n) is 3.31. The highest BCUT2D eigenvalue weighted by Crippen LogP contribution is 2.29. The fraction of sp³-hybridized carbons (Fsp3) is 0.409. The molecule has 1 aromatic carbocycles. The molecule has 0 radical (unpaired) electrons. The van der Waals surface area contributed by atoms with Crippen LogP contribution in [0.1, 0.15) is 33.2 Å². The fourth-order valence-corrected chi connectivity index (χ4v) is 3.85. The molecule has 2 aromatic rings. The average molecular weight is 467 g/mol. The zero-order chi connectivity index (χ0) is 23.1. The number of anilines is 1. The molecule has 6 nitrogen and oxygen atoms in total. The Morgan fingerprint density at radius 3 is 2.25 bits per heavy atom. The number of alkyl halides is 3. The van der Waals surface area contributed by atoms with Gasteiger partial charge in [-0.3, -0.25) is 9.59 Å². The molecule has 1 N–H and O–H groups in total. The van der Waals surface area contributed by atoms with E-state index in [0.29, 0.717) is 44.1 Å². The quantitative estimate of drug-likeness (QED) is 0.633. The number of benzene rings is 1. The van der Waals surface area contributed by atoms with Gasteiger partial charge in [-0.15, -0.1) is 0 Å². The van der Waals surface area contributed by atoms with E-state index in [1.165, 1.54) is 18.3 Å². The van der Waals surface area contributed by atoms with Crippen molar-refractivity contribution in [2.24, 2.45) is 0 Å². The van der Waals surface area contributed by atoms with E-state index in [1.54, 1.807) is 28.8 Å². The van der Waals surface area contributed by atoms with E-state index < -0.39 is 11.7 Å². The molecule has 0 unspecified atom stereocenters. The van der Waals surface area contributed by atoms with E-state index in [-0.39, 0.29) is 17.4 Å². The van der Waals surface area contributed by atoms with Crippen molar-refractivity contribution in [3.8, 4) is 0 Å². The van der Waals surface area contributed by atoms with Crippen molar-refractivity contribution in [3.63, 3.8) is 0 Å². The van der Waals surface area contributed by atoms with Crippen molar-refractivity contribution in [2.75, 3.05) is 49.1 Å². The van der Waals surface area contributed by atoms with Gasteiger partial charge in [-0.1, -0.05) is 6.92 Å². The number of amides is 2. The van der Waals surface area contributed by atoms with Gasteiger partial charge in [0.2, 0.25) is 0 Å². The van der Waals surface area contributed by atoms with Crippen LogP contribution in [-0.4, -0.2) is 65.9 Å². The lowest BCUT2D eigenvalue weighted by atomic mass is 10.1. The van der Waals surface area contributed by atoms with Crippen LogP contribution in [0.4, 0.5) is 19.0 Å². The normalized spacial score (nSPS) is 14.4. The third-order valence-corrected chi connectivity index (χ3v) is 6.00. The Morgan fingerprint density at radius 1 is 1.03 bits per heavy atom. The average Bonchev–Trinajstić information content (AvgIpc) is 2.81. The summed E-state index contributed by atoms with van der Waals surface area (Å²) < 4.78 is 38.1. The monoisotopic (exact) mass is 466 g/mol. The smallest absolute Gasteiger partial charge is 0.353 e. The topological polar surface area (TPSA) is 65.5 Å². The second-order valence-corrected chi connectivity index (χ2v) is 8.61. The second-order valence-electron chi connectivity index (χ2n) is 7.21. The maximum absolute atomic E-state index is 12.7. The minimum absolute atomic E-state index is 0.160. The van der Waals surface area contributed by atoms with Crippen LogP contribution < -0.4 is 10.2 Å². The molecular formula is C22H25F3N4O2S. The first-order valence-corrected chi connectivity index (χ1v) is 11.5. The van der Waals surface area contributed by atoms with Crippen LogP contribution in [0.5, 0.6) is 0 Å². The maximum Gasteiger partial charge on any atom is 0.416 e. The Morgan fingerprint density at radius 2 is 1.69 bits per heavy atom. The largest absolute Gasteiger partial charge is 0.416 e. The van der Waals surface area contributed by atoms with Crippen molar-refractivity contribution in [3.05, 3.63) is 59.3 Å². The van der Waals surface area contributed by atoms with Crippen LogP contribution in [-0.2, 0) is 6.18 Å². The van der Waals surface area contributed by atoms with Crippen LogP contribution in [0.15, 0.2) is 42.6 Å². The van der Waals surface area contributed by atoms with Crippen molar-refractivity contribution < 1.29 is 22.8 Å². The highest BCUT2D eigenvalue weighted by atomic mass is 32.2.